The number of amides is 1. The summed E-state index contributed by atoms with van der Waals surface area (Å²) in [5.74, 6) is -0.108. The number of nitrogens with zero attached hydrogens (tertiary/aromatic N) is 2. The van der Waals surface area contributed by atoms with Gasteiger partial charge < -0.3 is 20.1 Å². The second kappa shape index (κ2) is 8.89. The molecular formula is C27H28N4O. The van der Waals surface area contributed by atoms with Gasteiger partial charge in [0.2, 0.25) is 0 Å². The highest BCUT2D eigenvalue weighted by Gasteiger charge is 2.21. The van der Waals surface area contributed by atoms with Gasteiger partial charge in [-0.25, -0.2) is 0 Å². The molecule has 1 amide bonds. The molecule has 5 heteroatoms. The first-order valence-electron chi connectivity index (χ1n) is 11.1. The number of carbonyl (C=O) groups excluding carboxylic acids is 1. The molecule has 4 aromatic rings. The Kier molecular flexibility index (Phi) is 5.65. The molecule has 5 rings (SSSR count). The van der Waals surface area contributed by atoms with Crippen LogP contribution in [0.2, 0.25) is 0 Å². The molecule has 1 fully saturated rings. The van der Waals surface area contributed by atoms with Crippen molar-refractivity contribution in [1.29, 1.82) is 0 Å². The Morgan fingerprint density at radius 1 is 0.844 bits per heavy atom. The van der Waals surface area contributed by atoms with Crippen LogP contribution < -0.4 is 10.2 Å². The molecule has 32 heavy (non-hydrogen) atoms. The Morgan fingerprint density at radius 2 is 1.47 bits per heavy atom. The first-order chi connectivity index (χ1) is 15.7. The van der Waals surface area contributed by atoms with E-state index >= 15 is 0 Å². The number of piperazine rings is 1. The maximum absolute atomic E-state index is 13.3. The number of aromatic nitrogens is 1. The molecule has 0 radical (unpaired) electrons. The normalized spacial score (nSPS) is 14.8. The highest BCUT2D eigenvalue weighted by molar-refractivity contribution is 6.02. The lowest BCUT2D eigenvalue weighted by atomic mass is 9.98. The standard InChI is InChI=1S/C27H28N4O/c1-30-15-17-31(18-16-30)25-14-8-13-23-22(25)19-24(28-23)27(32)29-26(20-9-4-2-5-10-20)21-11-6-3-7-12-21/h2-14,19,26,28H,15-18H2,1H3,(H,29,32). The summed E-state index contributed by atoms with van der Waals surface area (Å²) in [5, 5.41) is 4.34. The number of likely N-dealkylation sites (N-methyl/N-ethyl adjacent to an activating group) is 1. The lowest BCUT2D eigenvalue weighted by Gasteiger charge is -2.34. The van der Waals surface area contributed by atoms with E-state index in [1.54, 1.807) is 0 Å². The molecule has 162 valence electrons. The van der Waals surface area contributed by atoms with Gasteiger partial charge in [-0.05, 0) is 36.4 Å². The van der Waals surface area contributed by atoms with Crippen molar-refractivity contribution in [3.63, 3.8) is 0 Å². The van der Waals surface area contributed by atoms with Gasteiger partial charge in [-0.15, -0.1) is 0 Å². The van der Waals surface area contributed by atoms with E-state index in [1.807, 2.05) is 48.5 Å². The second-order valence-electron chi connectivity index (χ2n) is 8.44. The summed E-state index contributed by atoms with van der Waals surface area (Å²) in [7, 11) is 2.16. The Morgan fingerprint density at radius 3 is 2.09 bits per heavy atom. The van der Waals surface area contributed by atoms with Crippen molar-refractivity contribution in [3.8, 4) is 0 Å². The fourth-order valence-corrected chi connectivity index (χ4v) is 4.44. The molecule has 2 N–H and O–H groups in total. The molecule has 0 bridgehead atoms. The van der Waals surface area contributed by atoms with E-state index in [1.165, 1.54) is 5.69 Å². The van der Waals surface area contributed by atoms with E-state index in [9.17, 15) is 4.79 Å². The fraction of sp³-hybridized carbons (Fsp3) is 0.222. The number of carbonyl (C=O) groups is 1. The van der Waals surface area contributed by atoms with E-state index in [2.05, 4.69) is 63.5 Å². The third-order valence-corrected chi connectivity index (χ3v) is 6.27. The second-order valence-corrected chi connectivity index (χ2v) is 8.44. The summed E-state index contributed by atoms with van der Waals surface area (Å²) in [4.78, 5) is 21.4. The molecule has 1 aliphatic heterocycles. The summed E-state index contributed by atoms with van der Waals surface area (Å²) in [6.07, 6.45) is 0. The Labute approximate surface area is 188 Å². The molecule has 0 atom stereocenters. The van der Waals surface area contributed by atoms with Crippen LogP contribution in [0.25, 0.3) is 10.9 Å². The molecule has 0 unspecified atom stereocenters. The van der Waals surface area contributed by atoms with Crippen molar-refractivity contribution >= 4 is 22.5 Å². The average molecular weight is 425 g/mol. The molecule has 0 saturated carbocycles. The van der Waals surface area contributed by atoms with Gasteiger partial charge in [-0.3, -0.25) is 4.79 Å². The van der Waals surface area contributed by atoms with Gasteiger partial charge >= 0.3 is 0 Å². The lowest BCUT2D eigenvalue weighted by molar-refractivity contribution is 0.0939. The maximum atomic E-state index is 13.3. The smallest absolute Gasteiger partial charge is 0.268 e. The zero-order valence-corrected chi connectivity index (χ0v) is 18.3. The van der Waals surface area contributed by atoms with Crippen LogP contribution in [0.4, 0.5) is 5.69 Å². The number of H-pyrrole nitrogens is 1. The van der Waals surface area contributed by atoms with Gasteiger partial charge in [-0.2, -0.15) is 0 Å². The summed E-state index contributed by atoms with van der Waals surface area (Å²) in [6, 6.07) is 28.2. The van der Waals surface area contributed by atoms with E-state index in [-0.39, 0.29) is 11.9 Å². The number of hydrogen-bond donors (Lipinski definition) is 2. The minimum Gasteiger partial charge on any atom is -0.368 e. The molecule has 0 spiro atoms. The maximum Gasteiger partial charge on any atom is 0.268 e. The number of fused-ring (bicyclic) bond motifs is 1. The fourth-order valence-electron chi connectivity index (χ4n) is 4.44. The van der Waals surface area contributed by atoms with Crippen LogP contribution >= 0.6 is 0 Å². The van der Waals surface area contributed by atoms with Gasteiger partial charge in [-0.1, -0.05) is 66.7 Å². The molecule has 1 aromatic heterocycles. The van der Waals surface area contributed by atoms with Crippen molar-refractivity contribution in [1.82, 2.24) is 15.2 Å². The SMILES string of the molecule is CN1CCN(c2cccc3[nH]c(C(=O)NC(c4ccccc4)c4ccccc4)cc23)CC1. The Balaban J connectivity index is 1.44. The van der Waals surface area contributed by atoms with Gasteiger partial charge in [0.05, 0.1) is 6.04 Å². The van der Waals surface area contributed by atoms with Crippen molar-refractivity contribution in [2.75, 3.05) is 38.1 Å². The highest BCUT2D eigenvalue weighted by Crippen LogP contribution is 2.29. The number of rotatable bonds is 5. The van der Waals surface area contributed by atoms with E-state index in [0.29, 0.717) is 5.69 Å². The van der Waals surface area contributed by atoms with Gasteiger partial charge in [0.15, 0.2) is 0 Å². The molecule has 2 heterocycles. The number of benzene rings is 3. The van der Waals surface area contributed by atoms with Crippen LogP contribution in [0.5, 0.6) is 0 Å². The van der Waals surface area contributed by atoms with Crippen LogP contribution in [-0.2, 0) is 0 Å². The van der Waals surface area contributed by atoms with E-state index in [4.69, 9.17) is 0 Å². The first kappa shape index (κ1) is 20.3. The van der Waals surface area contributed by atoms with Crippen molar-refractivity contribution < 1.29 is 4.79 Å². The van der Waals surface area contributed by atoms with Gasteiger partial charge in [0.25, 0.3) is 5.91 Å². The topological polar surface area (TPSA) is 51.4 Å². The molecule has 1 saturated heterocycles. The molecule has 1 aliphatic rings. The molecule has 0 aliphatic carbocycles. The van der Waals surface area contributed by atoms with Crippen LogP contribution in [0, 0.1) is 0 Å². The third kappa shape index (κ3) is 4.12. The predicted octanol–water partition coefficient (Wildman–Crippen LogP) is 4.44. The van der Waals surface area contributed by atoms with Crippen LogP contribution in [0.1, 0.15) is 27.7 Å². The monoisotopic (exact) mass is 424 g/mol. The van der Waals surface area contributed by atoms with Crippen LogP contribution in [0.15, 0.2) is 84.9 Å². The highest BCUT2D eigenvalue weighted by atomic mass is 16.1. The Bertz CT molecular complexity index is 1150. The van der Waals surface area contributed by atoms with Crippen LogP contribution in [-0.4, -0.2) is 49.0 Å². The summed E-state index contributed by atoms with van der Waals surface area (Å²) in [5.41, 5.74) is 4.87. The van der Waals surface area contributed by atoms with E-state index in [0.717, 1.165) is 48.2 Å². The molecule has 5 nitrogen and oxygen atoms in total. The quantitative estimate of drug-likeness (QED) is 0.498. The van der Waals surface area contributed by atoms with Crippen molar-refractivity contribution in [3.05, 3.63) is 102 Å². The van der Waals surface area contributed by atoms with E-state index < -0.39 is 0 Å². The van der Waals surface area contributed by atoms with Gasteiger partial charge in [0.1, 0.15) is 5.69 Å². The number of anilines is 1. The third-order valence-electron chi connectivity index (χ3n) is 6.27. The Hall–Kier alpha value is -3.57. The first-order valence-corrected chi connectivity index (χ1v) is 11.1. The van der Waals surface area contributed by atoms with Crippen molar-refractivity contribution in [2.24, 2.45) is 0 Å². The summed E-state index contributed by atoms with van der Waals surface area (Å²) in [6.45, 7) is 4.08. The zero-order chi connectivity index (χ0) is 21.9. The van der Waals surface area contributed by atoms with Gasteiger partial charge in [0, 0.05) is 42.8 Å². The minimum atomic E-state index is -0.214. The van der Waals surface area contributed by atoms with Crippen molar-refractivity contribution in [2.45, 2.75) is 6.04 Å². The minimum absolute atomic E-state index is 0.108. The lowest BCUT2D eigenvalue weighted by Crippen LogP contribution is -2.44. The number of nitrogens with one attached hydrogen (secondary N) is 2. The largest absolute Gasteiger partial charge is 0.368 e. The average Bonchev–Trinajstić information content (AvgIpc) is 3.29. The summed E-state index contributed by atoms with van der Waals surface area (Å²) >= 11 is 0. The number of aromatic amines is 1. The summed E-state index contributed by atoms with van der Waals surface area (Å²) < 4.78 is 0. The number of hydrogen-bond acceptors (Lipinski definition) is 3. The predicted molar refractivity (Wildman–Crippen MR) is 130 cm³/mol. The van der Waals surface area contributed by atoms with Crippen LogP contribution in [0.3, 0.4) is 0 Å². The zero-order valence-electron chi connectivity index (χ0n) is 18.3. The molecule has 3 aromatic carbocycles. The molecular weight excluding hydrogens is 396 g/mol.